The highest BCUT2D eigenvalue weighted by Gasteiger charge is 2.47. The Balaban J connectivity index is 1.36. The largest absolute Gasteiger partial charge is 0.347 e. The van der Waals surface area contributed by atoms with Gasteiger partial charge >= 0.3 is 0 Å². The zero-order valence-electron chi connectivity index (χ0n) is 23.3. The molecule has 8 heteroatoms. The molecular formula is C30H46Cl2N4O2. The van der Waals surface area contributed by atoms with E-state index >= 15 is 0 Å². The highest BCUT2D eigenvalue weighted by molar-refractivity contribution is 6.42. The van der Waals surface area contributed by atoms with Crippen LogP contribution in [0.15, 0.2) is 18.2 Å². The Labute approximate surface area is 239 Å². The van der Waals surface area contributed by atoms with Crippen LogP contribution in [0.4, 0.5) is 0 Å². The number of amides is 1. The first-order valence-electron chi connectivity index (χ1n) is 14.7. The number of likely N-dealkylation sites (tertiary alicyclic amines) is 2. The van der Waals surface area contributed by atoms with Gasteiger partial charge in [-0.25, -0.2) is 0 Å². The van der Waals surface area contributed by atoms with Gasteiger partial charge in [0.2, 0.25) is 5.91 Å². The van der Waals surface area contributed by atoms with Gasteiger partial charge in [0, 0.05) is 39.6 Å². The number of likely N-dealkylation sites (N-methyl/N-ethyl adjacent to an activating group) is 1. The molecule has 2 aliphatic heterocycles. The average molecular weight is 566 g/mol. The minimum Gasteiger partial charge on any atom is -0.347 e. The van der Waals surface area contributed by atoms with Crippen molar-refractivity contribution in [2.24, 2.45) is 5.92 Å². The van der Waals surface area contributed by atoms with Crippen molar-refractivity contribution in [2.75, 3.05) is 59.9 Å². The Kier molecular flexibility index (Phi) is 10.9. The number of halogens is 2. The molecule has 1 amide bonds. The number of hydrogen-bond donors (Lipinski definition) is 1. The SMILES string of the molecule is CN(C)C(=O)C1(N2CCCCC2)CCN(CCC(CNCC(=O)C2CCCC2)c2ccc(Cl)c(Cl)c2)CC1. The maximum absolute atomic E-state index is 13.4. The summed E-state index contributed by atoms with van der Waals surface area (Å²) >= 11 is 12.6. The second kappa shape index (κ2) is 13.9. The molecule has 38 heavy (non-hydrogen) atoms. The maximum atomic E-state index is 13.4. The lowest BCUT2D eigenvalue weighted by Gasteiger charge is -2.50. The fourth-order valence-corrected chi connectivity index (χ4v) is 7.11. The first kappa shape index (κ1) is 29.8. The summed E-state index contributed by atoms with van der Waals surface area (Å²) in [6.45, 7) is 6.05. The molecule has 0 aromatic heterocycles. The Morgan fingerprint density at radius 3 is 2.32 bits per heavy atom. The summed E-state index contributed by atoms with van der Waals surface area (Å²) in [7, 11) is 3.79. The van der Waals surface area contributed by atoms with E-state index in [1.54, 1.807) is 4.90 Å². The molecule has 1 unspecified atom stereocenters. The number of hydrogen-bond acceptors (Lipinski definition) is 5. The van der Waals surface area contributed by atoms with E-state index in [-0.39, 0.29) is 23.3 Å². The van der Waals surface area contributed by atoms with Crippen LogP contribution in [0, 0.1) is 5.92 Å². The topological polar surface area (TPSA) is 55.9 Å². The van der Waals surface area contributed by atoms with Crippen molar-refractivity contribution in [2.45, 2.75) is 75.7 Å². The molecule has 3 aliphatic rings. The predicted octanol–water partition coefficient (Wildman–Crippen LogP) is 5.22. The number of rotatable bonds is 11. The third-order valence-corrected chi connectivity index (χ3v) is 9.90. The van der Waals surface area contributed by atoms with Crippen LogP contribution in [0.3, 0.4) is 0 Å². The molecule has 1 N–H and O–H groups in total. The number of nitrogens with one attached hydrogen (secondary N) is 1. The number of nitrogens with zero attached hydrogens (tertiary/aromatic N) is 3. The number of piperidine rings is 2. The molecular weight excluding hydrogens is 519 g/mol. The number of Topliss-reactive ketones (excluding diaryl/α,β-unsaturated/α-hetero) is 1. The summed E-state index contributed by atoms with van der Waals surface area (Å²) in [5.41, 5.74) is 0.800. The summed E-state index contributed by atoms with van der Waals surface area (Å²) in [5, 5.41) is 4.60. The molecule has 212 valence electrons. The van der Waals surface area contributed by atoms with Crippen molar-refractivity contribution in [1.29, 1.82) is 0 Å². The molecule has 2 heterocycles. The first-order valence-corrected chi connectivity index (χ1v) is 15.4. The van der Waals surface area contributed by atoms with Gasteiger partial charge in [0.15, 0.2) is 0 Å². The van der Waals surface area contributed by atoms with Crippen molar-refractivity contribution in [3.63, 3.8) is 0 Å². The monoisotopic (exact) mass is 564 g/mol. The van der Waals surface area contributed by atoms with E-state index in [4.69, 9.17) is 23.2 Å². The van der Waals surface area contributed by atoms with E-state index < -0.39 is 0 Å². The van der Waals surface area contributed by atoms with Gasteiger partial charge in [0.1, 0.15) is 11.3 Å². The Morgan fingerprint density at radius 2 is 1.68 bits per heavy atom. The van der Waals surface area contributed by atoms with Crippen molar-refractivity contribution in [3.05, 3.63) is 33.8 Å². The lowest BCUT2D eigenvalue weighted by molar-refractivity contribution is -0.147. The Bertz CT molecular complexity index is 936. The minimum absolute atomic E-state index is 0.235. The molecule has 1 saturated carbocycles. The minimum atomic E-state index is -0.355. The zero-order valence-corrected chi connectivity index (χ0v) is 24.8. The van der Waals surface area contributed by atoms with E-state index in [2.05, 4.69) is 21.2 Å². The van der Waals surface area contributed by atoms with Gasteiger partial charge < -0.3 is 15.1 Å². The maximum Gasteiger partial charge on any atom is 0.242 e. The van der Waals surface area contributed by atoms with Gasteiger partial charge in [-0.2, -0.15) is 0 Å². The van der Waals surface area contributed by atoms with Crippen LogP contribution in [0.1, 0.15) is 75.7 Å². The van der Waals surface area contributed by atoms with Crippen LogP contribution in [0.5, 0.6) is 0 Å². The van der Waals surface area contributed by atoms with Gasteiger partial charge in [0.05, 0.1) is 16.6 Å². The summed E-state index contributed by atoms with van der Waals surface area (Å²) in [5.74, 6) is 1.09. The van der Waals surface area contributed by atoms with Crippen LogP contribution in [0.2, 0.25) is 10.0 Å². The third kappa shape index (κ3) is 7.31. The number of carbonyl (C=O) groups is 2. The number of ketones is 1. The second-order valence-electron chi connectivity index (χ2n) is 11.9. The molecule has 1 aromatic carbocycles. The van der Waals surface area contributed by atoms with Crippen molar-refractivity contribution >= 4 is 34.9 Å². The summed E-state index contributed by atoms with van der Waals surface area (Å²) in [6.07, 6.45) is 10.8. The molecule has 4 rings (SSSR count). The highest BCUT2D eigenvalue weighted by atomic mass is 35.5. The first-order chi connectivity index (χ1) is 18.3. The van der Waals surface area contributed by atoms with Gasteiger partial charge in [-0.05, 0) is 88.2 Å². The van der Waals surface area contributed by atoms with Gasteiger partial charge in [-0.15, -0.1) is 0 Å². The molecule has 0 bridgehead atoms. The fourth-order valence-electron chi connectivity index (χ4n) is 6.80. The van der Waals surface area contributed by atoms with Crippen LogP contribution in [-0.4, -0.2) is 91.8 Å². The van der Waals surface area contributed by atoms with Crippen molar-refractivity contribution in [3.8, 4) is 0 Å². The van der Waals surface area contributed by atoms with Crippen LogP contribution < -0.4 is 5.32 Å². The van der Waals surface area contributed by atoms with Crippen LogP contribution in [-0.2, 0) is 9.59 Å². The zero-order chi connectivity index (χ0) is 27.1. The quantitative estimate of drug-likeness (QED) is 0.399. The molecule has 2 saturated heterocycles. The van der Waals surface area contributed by atoms with Crippen molar-refractivity contribution < 1.29 is 9.59 Å². The molecule has 3 fully saturated rings. The summed E-state index contributed by atoms with van der Waals surface area (Å²) < 4.78 is 0. The van der Waals surface area contributed by atoms with Crippen molar-refractivity contribution in [1.82, 2.24) is 20.0 Å². The Morgan fingerprint density at radius 1 is 1.00 bits per heavy atom. The molecule has 1 aromatic rings. The highest BCUT2D eigenvalue weighted by Crippen LogP contribution is 2.34. The predicted molar refractivity (Wildman–Crippen MR) is 156 cm³/mol. The average Bonchev–Trinajstić information content (AvgIpc) is 3.48. The van der Waals surface area contributed by atoms with E-state index in [0.717, 1.165) is 76.9 Å². The second-order valence-corrected chi connectivity index (χ2v) is 12.7. The van der Waals surface area contributed by atoms with E-state index in [1.165, 1.54) is 32.1 Å². The lowest BCUT2D eigenvalue weighted by Crippen LogP contribution is -2.64. The van der Waals surface area contributed by atoms with E-state index in [0.29, 0.717) is 22.4 Å². The van der Waals surface area contributed by atoms with Crippen LogP contribution in [0.25, 0.3) is 0 Å². The number of carbonyl (C=O) groups excluding carboxylic acids is 2. The lowest BCUT2D eigenvalue weighted by atomic mass is 9.82. The standard InChI is InChI=1S/C30H46Cl2N4O2/c1-34(2)29(38)30(36-15-6-3-7-16-36)13-18-35(19-14-30)17-12-25(24-10-11-26(31)27(32)20-24)21-33-22-28(37)23-8-4-5-9-23/h10-11,20,23,25,33H,3-9,12-19,21-22H2,1-2H3. The molecule has 1 atom stereocenters. The molecule has 6 nitrogen and oxygen atoms in total. The third-order valence-electron chi connectivity index (χ3n) is 9.16. The van der Waals surface area contributed by atoms with Gasteiger partial charge in [-0.1, -0.05) is 48.5 Å². The Hall–Kier alpha value is -1.18. The van der Waals surface area contributed by atoms with E-state index in [9.17, 15) is 9.59 Å². The van der Waals surface area contributed by atoms with Gasteiger partial charge in [0.25, 0.3) is 0 Å². The normalized spacial score (nSPS) is 21.9. The molecule has 1 aliphatic carbocycles. The summed E-state index contributed by atoms with van der Waals surface area (Å²) in [4.78, 5) is 32.8. The fraction of sp³-hybridized carbons (Fsp3) is 0.733. The smallest absolute Gasteiger partial charge is 0.242 e. The number of benzene rings is 1. The summed E-state index contributed by atoms with van der Waals surface area (Å²) in [6, 6.07) is 5.91. The molecule has 0 spiro atoms. The van der Waals surface area contributed by atoms with Gasteiger partial charge in [-0.3, -0.25) is 14.5 Å². The van der Waals surface area contributed by atoms with E-state index in [1.807, 2.05) is 26.2 Å². The van der Waals surface area contributed by atoms with Crippen LogP contribution >= 0.6 is 23.2 Å². The molecule has 0 radical (unpaired) electrons.